The van der Waals surface area contributed by atoms with Crippen molar-refractivity contribution < 1.29 is 14.3 Å². The molecule has 0 aromatic carbocycles. The Morgan fingerprint density at radius 2 is 2.15 bits per heavy atom. The smallest absolute Gasteiger partial charge is 0.320 e. The summed E-state index contributed by atoms with van der Waals surface area (Å²) in [6, 6.07) is 2.01. The van der Waals surface area contributed by atoms with E-state index in [1.54, 1.807) is 11.3 Å². The van der Waals surface area contributed by atoms with Gasteiger partial charge >= 0.3 is 5.97 Å². The summed E-state index contributed by atoms with van der Waals surface area (Å²) in [4.78, 5) is 25.5. The maximum atomic E-state index is 12.1. The van der Waals surface area contributed by atoms with Crippen molar-refractivity contribution in [2.24, 2.45) is 0 Å². The minimum absolute atomic E-state index is 0.0892. The number of hydrogen-bond acceptors (Lipinski definition) is 4. The standard InChI is InChI=1S/C14H18INO3S/c1-19-14(18)10(15)8-16-13(17)12-7-9-5-3-2-4-6-11(9)20-12/h7,10H,2-6,8H2,1H3,(H,16,17). The van der Waals surface area contributed by atoms with Gasteiger partial charge in [-0.1, -0.05) is 29.0 Å². The molecule has 1 aliphatic carbocycles. The van der Waals surface area contributed by atoms with Gasteiger partial charge < -0.3 is 10.1 Å². The van der Waals surface area contributed by atoms with Crippen molar-refractivity contribution in [3.05, 3.63) is 21.4 Å². The fourth-order valence-electron chi connectivity index (χ4n) is 2.26. The first-order chi connectivity index (χ1) is 9.61. The highest BCUT2D eigenvalue weighted by molar-refractivity contribution is 14.1. The van der Waals surface area contributed by atoms with E-state index in [4.69, 9.17) is 0 Å². The number of halogens is 1. The summed E-state index contributed by atoms with van der Waals surface area (Å²) in [5, 5.41) is 2.80. The molecule has 0 saturated heterocycles. The molecule has 1 aliphatic rings. The van der Waals surface area contributed by atoms with E-state index in [-0.39, 0.29) is 15.8 Å². The van der Waals surface area contributed by atoms with Crippen molar-refractivity contribution >= 4 is 45.8 Å². The van der Waals surface area contributed by atoms with Crippen molar-refractivity contribution in [3.8, 4) is 0 Å². The summed E-state index contributed by atoms with van der Waals surface area (Å²) in [5.41, 5.74) is 1.33. The number of ether oxygens (including phenoxy) is 1. The van der Waals surface area contributed by atoms with Crippen LogP contribution in [0.2, 0.25) is 0 Å². The summed E-state index contributed by atoms with van der Waals surface area (Å²) in [6.07, 6.45) is 5.87. The molecule has 1 aromatic rings. The molecule has 1 unspecified atom stereocenters. The summed E-state index contributed by atoms with van der Waals surface area (Å²) >= 11 is 3.57. The van der Waals surface area contributed by atoms with Crippen LogP contribution >= 0.6 is 33.9 Å². The van der Waals surface area contributed by atoms with E-state index in [1.807, 2.05) is 28.7 Å². The Kier molecular flexibility index (Phi) is 5.83. The van der Waals surface area contributed by atoms with E-state index in [9.17, 15) is 9.59 Å². The first kappa shape index (κ1) is 15.8. The molecular formula is C14H18INO3S. The lowest BCUT2D eigenvalue weighted by Gasteiger charge is -2.08. The predicted molar refractivity (Wildman–Crippen MR) is 87.7 cm³/mol. The third kappa shape index (κ3) is 3.94. The number of aryl methyl sites for hydroxylation is 2. The van der Waals surface area contributed by atoms with Gasteiger partial charge in [0.05, 0.1) is 12.0 Å². The van der Waals surface area contributed by atoms with Gasteiger partial charge in [-0.15, -0.1) is 11.3 Å². The second-order valence-electron chi connectivity index (χ2n) is 4.82. The van der Waals surface area contributed by atoms with Crippen LogP contribution in [0.1, 0.15) is 39.4 Å². The van der Waals surface area contributed by atoms with Gasteiger partial charge in [-0.25, -0.2) is 0 Å². The lowest BCUT2D eigenvalue weighted by atomic mass is 10.1. The molecule has 1 atom stereocenters. The average molecular weight is 407 g/mol. The van der Waals surface area contributed by atoms with E-state index >= 15 is 0 Å². The number of rotatable bonds is 4. The molecule has 20 heavy (non-hydrogen) atoms. The van der Waals surface area contributed by atoms with Crippen LogP contribution in [0.25, 0.3) is 0 Å². The molecule has 1 heterocycles. The van der Waals surface area contributed by atoms with Crippen LogP contribution in [0, 0.1) is 0 Å². The molecule has 0 aliphatic heterocycles. The number of carbonyl (C=O) groups is 2. The van der Waals surface area contributed by atoms with E-state index in [2.05, 4.69) is 10.1 Å². The summed E-state index contributed by atoms with van der Waals surface area (Å²) in [5.74, 6) is -0.401. The zero-order valence-electron chi connectivity index (χ0n) is 11.4. The Morgan fingerprint density at radius 1 is 1.40 bits per heavy atom. The fourth-order valence-corrected chi connectivity index (χ4v) is 3.90. The van der Waals surface area contributed by atoms with E-state index in [0.717, 1.165) is 17.7 Å². The SMILES string of the molecule is COC(=O)C(I)CNC(=O)c1cc2c(s1)CCCCC2. The Morgan fingerprint density at radius 3 is 2.90 bits per heavy atom. The first-order valence-electron chi connectivity index (χ1n) is 6.73. The minimum Gasteiger partial charge on any atom is -0.468 e. The van der Waals surface area contributed by atoms with Crippen molar-refractivity contribution in [1.82, 2.24) is 5.32 Å². The van der Waals surface area contributed by atoms with Crippen molar-refractivity contribution in [3.63, 3.8) is 0 Å². The first-order valence-corrected chi connectivity index (χ1v) is 8.79. The normalized spacial score (nSPS) is 15.9. The molecule has 1 amide bonds. The van der Waals surface area contributed by atoms with Crippen LogP contribution in [0.3, 0.4) is 0 Å². The van der Waals surface area contributed by atoms with Gasteiger partial charge in [0, 0.05) is 11.4 Å². The predicted octanol–water partition coefficient (Wildman–Crippen LogP) is 2.72. The average Bonchev–Trinajstić information content (AvgIpc) is 2.74. The quantitative estimate of drug-likeness (QED) is 0.362. The highest BCUT2D eigenvalue weighted by Crippen LogP contribution is 2.28. The van der Waals surface area contributed by atoms with Crippen LogP contribution < -0.4 is 5.32 Å². The minimum atomic E-state index is -0.348. The molecule has 0 bridgehead atoms. The molecule has 2 rings (SSSR count). The van der Waals surface area contributed by atoms with Crippen LogP contribution in [0.4, 0.5) is 0 Å². The molecule has 0 saturated carbocycles. The Bertz CT molecular complexity index is 477. The zero-order valence-corrected chi connectivity index (χ0v) is 14.4. The molecule has 0 radical (unpaired) electrons. The van der Waals surface area contributed by atoms with Crippen LogP contribution in [0.5, 0.6) is 0 Å². The molecule has 0 spiro atoms. The van der Waals surface area contributed by atoms with Gasteiger partial charge in [0.1, 0.15) is 3.92 Å². The van der Waals surface area contributed by atoms with E-state index in [0.29, 0.717) is 6.54 Å². The second-order valence-corrected chi connectivity index (χ2v) is 7.46. The number of nitrogens with one attached hydrogen (secondary N) is 1. The second kappa shape index (κ2) is 7.40. The third-order valence-electron chi connectivity index (χ3n) is 3.37. The van der Waals surface area contributed by atoms with Crippen LogP contribution in [0.15, 0.2) is 6.07 Å². The molecular weight excluding hydrogens is 389 g/mol. The zero-order chi connectivity index (χ0) is 14.5. The van der Waals surface area contributed by atoms with E-state index in [1.165, 1.54) is 36.8 Å². The number of alkyl halides is 1. The van der Waals surface area contributed by atoms with Gasteiger partial charge in [0.25, 0.3) is 5.91 Å². The fraction of sp³-hybridized carbons (Fsp3) is 0.571. The number of methoxy groups -OCH3 is 1. The van der Waals surface area contributed by atoms with Gasteiger partial charge in [0.15, 0.2) is 0 Å². The lowest BCUT2D eigenvalue weighted by Crippen LogP contribution is -2.33. The maximum Gasteiger partial charge on any atom is 0.320 e. The largest absolute Gasteiger partial charge is 0.468 e. The number of carbonyl (C=O) groups excluding carboxylic acids is 2. The number of hydrogen-bond donors (Lipinski definition) is 1. The van der Waals surface area contributed by atoms with Gasteiger partial charge in [-0.2, -0.15) is 0 Å². The number of esters is 1. The summed E-state index contributed by atoms with van der Waals surface area (Å²) in [7, 11) is 1.35. The highest BCUT2D eigenvalue weighted by Gasteiger charge is 2.19. The maximum absolute atomic E-state index is 12.1. The molecule has 110 valence electrons. The lowest BCUT2D eigenvalue weighted by molar-refractivity contribution is -0.139. The number of amides is 1. The highest BCUT2D eigenvalue weighted by atomic mass is 127. The Balaban J connectivity index is 1.94. The van der Waals surface area contributed by atoms with Crippen molar-refractivity contribution in [1.29, 1.82) is 0 Å². The van der Waals surface area contributed by atoms with Crippen LogP contribution in [-0.2, 0) is 22.4 Å². The van der Waals surface area contributed by atoms with Gasteiger partial charge in [0.2, 0.25) is 0 Å². The van der Waals surface area contributed by atoms with Crippen LogP contribution in [-0.4, -0.2) is 29.5 Å². The number of fused-ring (bicyclic) bond motifs is 1. The Hall–Kier alpha value is -0.630. The van der Waals surface area contributed by atoms with Gasteiger partial charge in [-0.05, 0) is 37.3 Å². The van der Waals surface area contributed by atoms with E-state index < -0.39 is 0 Å². The summed E-state index contributed by atoms with van der Waals surface area (Å²) in [6.45, 7) is 0.300. The monoisotopic (exact) mass is 407 g/mol. The third-order valence-corrected chi connectivity index (χ3v) is 5.55. The summed E-state index contributed by atoms with van der Waals surface area (Å²) < 4.78 is 4.29. The molecule has 1 N–H and O–H groups in total. The molecule has 4 nitrogen and oxygen atoms in total. The van der Waals surface area contributed by atoms with Crippen molar-refractivity contribution in [2.45, 2.75) is 36.0 Å². The number of thiophene rings is 1. The Labute approximate surface area is 136 Å². The molecule has 1 aromatic heterocycles. The van der Waals surface area contributed by atoms with Gasteiger partial charge in [-0.3, -0.25) is 9.59 Å². The molecule has 0 fully saturated rings. The topological polar surface area (TPSA) is 55.4 Å². The van der Waals surface area contributed by atoms with Crippen molar-refractivity contribution in [2.75, 3.05) is 13.7 Å². The molecule has 6 heteroatoms.